The number of thiophene rings is 1. The highest BCUT2D eigenvalue weighted by Gasteiger charge is 2.19. The molecule has 0 aliphatic carbocycles. The third kappa shape index (κ3) is 3.54. The molecule has 3 heterocycles. The molecule has 27 heavy (non-hydrogen) atoms. The first-order valence-electron chi connectivity index (χ1n) is 8.42. The van der Waals surface area contributed by atoms with E-state index in [9.17, 15) is 9.59 Å². The highest BCUT2D eigenvalue weighted by atomic mass is 32.1. The summed E-state index contributed by atoms with van der Waals surface area (Å²) in [5.74, 6) is 0.287. The van der Waals surface area contributed by atoms with Crippen LogP contribution in [-0.4, -0.2) is 32.3 Å². The first-order chi connectivity index (χ1) is 13.2. The van der Waals surface area contributed by atoms with Crippen molar-refractivity contribution in [2.75, 3.05) is 6.54 Å². The number of fused-ring (bicyclic) bond motifs is 1. The van der Waals surface area contributed by atoms with Crippen molar-refractivity contribution in [1.82, 2.24) is 19.9 Å². The fraction of sp³-hybridized carbons (Fsp3) is 0.158. The molecule has 3 aromatic heterocycles. The molecule has 1 aromatic carbocycles. The van der Waals surface area contributed by atoms with Crippen molar-refractivity contribution >= 4 is 39.5 Å². The van der Waals surface area contributed by atoms with E-state index in [1.807, 2.05) is 30.5 Å². The standard InChI is InChI=1S/C19H16N4O2S2/c1-2-23(10-16-20-13-7-4-3-6-12(13)17(24)22-16)19(25)14-11-27-18(21-14)15-8-5-9-26-15/h3-9,11H,2,10H2,1H3,(H,20,22,24). The van der Waals surface area contributed by atoms with E-state index in [-0.39, 0.29) is 18.0 Å². The van der Waals surface area contributed by atoms with Gasteiger partial charge in [-0.25, -0.2) is 9.97 Å². The van der Waals surface area contributed by atoms with Gasteiger partial charge in [-0.2, -0.15) is 0 Å². The molecule has 8 heteroatoms. The number of H-pyrrole nitrogens is 1. The lowest BCUT2D eigenvalue weighted by Gasteiger charge is -2.19. The Bertz CT molecular complexity index is 1150. The molecule has 0 aliphatic heterocycles. The van der Waals surface area contributed by atoms with Gasteiger partial charge in [0.2, 0.25) is 0 Å². The number of aromatic amines is 1. The maximum Gasteiger partial charge on any atom is 0.273 e. The number of nitrogens with one attached hydrogen (secondary N) is 1. The molecule has 0 unspecified atom stereocenters. The van der Waals surface area contributed by atoms with E-state index in [2.05, 4.69) is 15.0 Å². The number of benzene rings is 1. The van der Waals surface area contributed by atoms with E-state index in [0.29, 0.717) is 29.0 Å². The van der Waals surface area contributed by atoms with Gasteiger partial charge in [0.25, 0.3) is 11.5 Å². The smallest absolute Gasteiger partial charge is 0.273 e. The van der Waals surface area contributed by atoms with Crippen molar-refractivity contribution in [3.63, 3.8) is 0 Å². The number of para-hydroxylation sites is 1. The van der Waals surface area contributed by atoms with Gasteiger partial charge in [-0.05, 0) is 30.5 Å². The summed E-state index contributed by atoms with van der Waals surface area (Å²) < 4.78 is 0. The molecule has 0 aliphatic rings. The molecule has 1 amide bonds. The minimum Gasteiger partial charge on any atom is -0.330 e. The predicted octanol–water partition coefficient (Wildman–Crippen LogP) is 3.77. The van der Waals surface area contributed by atoms with Gasteiger partial charge in [0.05, 0.1) is 22.3 Å². The van der Waals surface area contributed by atoms with E-state index >= 15 is 0 Å². The van der Waals surface area contributed by atoms with Crippen molar-refractivity contribution in [1.29, 1.82) is 0 Å². The van der Waals surface area contributed by atoms with Crippen LogP contribution in [0.15, 0.2) is 52.0 Å². The van der Waals surface area contributed by atoms with E-state index in [4.69, 9.17) is 0 Å². The van der Waals surface area contributed by atoms with Gasteiger partial charge in [-0.15, -0.1) is 22.7 Å². The highest BCUT2D eigenvalue weighted by molar-refractivity contribution is 7.20. The molecule has 6 nitrogen and oxygen atoms in total. The Labute approximate surface area is 163 Å². The third-order valence-corrected chi connectivity index (χ3v) is 6.01. The first-order valence-corrected chi connectivity index (χ1v) is 10.2. The fourth-order valence-electron chi connectivity index (χ4n) is 2.77. The van der Waals surface area contributed by atoms with Crippen LogP contribution in [0.2, 0.25) is 0 Å². The normalized spacial score (nSPS) is 11.0. The Morgan fingerprint density at radius 2 is 2.00 bits per heavy atom. The number of amides is 1. The summed E-state index contributed by atoms with van der Waals surface area (Å²) in [6.07, 6.45) is 0. The zero-order valence-electron chi connectivity index (χ0n) is 14.5. The number of carbonyl (C=O) groups excluding carboxylic acids is 1. The molecule has 4 aromatic rings. The highest BCUT2D eigenvalue weighted by Crippen LogP contribution is 2.28. The largest absolute Gasteiger partial charge is 0.330 e. The van der Waals surface area contributed by atoms with E-state index < -0.39 is 0 Å². The second kappa shape index (κ2) is 7.42. The molecular weight excluding hydrogens is 380 g/mol. The zero-order chi connectivity index (χ0) is 18.8. The van der Waals surface area contributed by atoms with Crippen molar-refractivity contribution in [2.24, 2.45) is 0 Å². The summed E-state index contributed by atoms with van der Waals surface area (Å²) in [5.41, 5.74) is 0.828. The Hall–Kier alpha value is -2.84. The summed E-state index contributed by atoms with van der Waals surface area (Å²) in [5, 5.41) is 5.13. The van der Waals surface area contributed by atoms with Gasteiger partial charge in [-0.3, -0.25) is 9.59 Å². The number of hydrogen-bond acceptors (Lipinski definition) is 6. The van der Waals surface area contributed by atoms with Crippen molar-refractivity contribution in [3.8, 4) is 9.88 Å². The Morgan fingerprint density at radius 1 is 1.15 bits per heavy atom. The topological polar surface area (TPSA) is 79.0 Å². The average molecular weight is 396 g/mol. The van der Waals surface area contributed by atoms with Crippen LogP contribution >= 0.6 is 22.7 Å². The van der Waals surface area contributed by atoms with Gasteiger partial charge in [0.1, 0.15) is 16.5 Å². The quantitative estimate of drug-likeness (QED) is 0.557. The SMILES string of the molecule is CCN(Cc1nc2ccccc2c(=O)[nH]1)C(=O)c1csc(-c2cccs2)n1. The Morgan fingerprint density at radius 3 is 2.78 bits per heavy atom. The summed E-state index contributed by atoms with van der Waals surface area (Å²) in [7, 11) is 0. The van der Waals surface area contributed by atoms with Gasteiger partial charge >= 0.3 is 0 Å². The molecule has 1 N–H and O–H groups in total. The van der Waals surface area contributed by atoms with Crippen LogP contribution in [0.3, 0.4) is 0 Å². The predicted molar refractivity (Wildman–Crippen MR) is 108 cm³/mol. The number of thiazole rings is 1. The van der Waals surface area contributed by atoms with Gasteiger partial charge in [-0.1, -0.05) is 18.2 Å². The van der Waals surface area contributed by atoms with Crippen LogP contribution in [0.5, 0.6) is 0 Å². The van der Waals surface area contributed by atoms with Gasteiger partial charge in [0, 0.05) is 11.9 Å². The molecule has 136 valence electrons. The minimum atomic E-state index is -0.201. The lowest BCUT2D eigenvalue weighted by Crippen LogP contribution is -2.32. The maximum absolute atomic E-state index is 12.9. The van der Waals surface area contributed by atoms with Crippen LogP contribution in [0.1, 0.15) is 23.2 Å². The minimum absolute atomic E-state index is 0.174. The van der Waals surface area contributed by atoms with Crippen LogP contribution in [0.4, 0.5) is 0 Å². The molecule has 0 saturated carbocycles. The van der Waals surface area contributed by atoms with Crippen molar-refractivity contribution < 1.29 is 4.79 Å². The lowest BCUT2D eigenvalue weighted by atomic mass is 10.2. The van der Waals surface area contributed by atoms with E-state index in [1.165, 1.54) is 11.3 Å². The molecule has 0 bridgehead atoms. The number of hydrogen-bond donors (Lipinski definition) is 1. The number of aromatic nitrogens is 3. The molecule has 0 saturated heterocycles. The molecule has 4 rings (SSSR count). The van der Waals surface area contributed by atoms with E-state index in [0.717, 1.165) is 9.88 Å². The van der Waals surface area contributed by atoms with Crippen molar-refractivity contribution in [2.45, 2.75) is 13.5 Å². The van der Waals surface area contributed by atoms with Crippen molar-refractivity contribution in [3.05, 3.63) is 69.0 Å². The van der Waals surface area contributed by atoms with Gasteiger partial charge < -0.3 is 9.88 Å². The molecule has 0 spiro atoms. The maximum atomic E-state index is 12.9. The number of nitrogens with zero attached hydrogens (tertiary/aromatic N) is 3. The van der Waals surface area contributed by atoms with Crippen LogP contribution in [-0.2, 0) is 6.54 Å². The molecule has 0 fully saturated rings. The number of carbonyl (C=O) groups is 1. The van der Waals surface area contributed by atoms with Crippen LogP contribution in [0.25, 0.3) is 20.8 Å². The fourth-order valence-corrected chi connectivity index (χ4v) is 4.37. The third-order valence-electron chi connectivity index (χ3n) is 4.13. The molecule has 0 radical (unpaired) electrons. The molecule has 0 atom stereocenters. The van der Waals surface area contributed by atoms with Gasteiger partial charge in [0.15, 0.2) is 0 Å². The van der Waals surface area contributed by atoms with Crippen LogP contribution < -0.4 is 5.56 Å². The Kier molecular flexibility index (Phi) is 4.83. The second-order valence-electron chi connectivity index (χ2n) is 5.86. The van der Waals surface area contributed by atoms with E-state index in [1.54, 1.807) is 39.8 Å². The molecular formula is C19H16N4O2S2. The number of rotatable bonds is 5. The lowest BCUT2D eigenvalue weighted by molar-refractivity contribution is 0.0743. The summed E-state index contributed by atoms with van der Waals surface area (Å²) in [6, 6.07) is 11.1. The second-order valence-corrected chi connectivity index (χ2v) is 7.67. The first kappa shape index (κ1) is 17.6. The Balaban J connectivity index is 1.59. The summed E-state index contributed by atoms with van der Waals surface area (Å²) in [6.45, 7) is 2.60. The monoisotopic (exact) mass is 396 g/mol. The van der Waals surface area contributed by atoms with Crippen LogP contribution in [0, 0.1) is 0 Å². The summed E-state index contributed by atoms with van der Waals surface area (Å²) in [4.78, 5) is 39.5. The zero-order valence-corrected chi connectivity index (χ0v) is 16.1. The summed E-state index contributed by atoms with van der Waals surface area (Å²) >= 11 is 3.05. The average Bonchev–Trinajstić information content (AvgIpc) is 3.37.